The van der Waals surface area contributed by atoms with Crippen LogP contribution in [0.3, 0.4) is 0 Å². The Balaban J connectivity index is 2.05. The van der Waals surface area contributed by atoms with Crippen LogP contribution in [0, 0.1) is 10.1 Å². The van der Waals surface area contributed by atoms with Gasteiger partial charge in [0.15, 0.2) is 0 Å². The summed E-state index contributed by atoms with van der Waals surface area (Å²) in [6.07, 6.45) is 0. The molecule has 0 aliphatic heterocycles. The van der Waals surface area contributed by atoms with Crippen molar-refractivity contribution in [2.45, 2.75) is 0 Å². The molecule has 2 N–H and O–H groups in total. The van der Waals surface area contributed by atoms with Crippen molar-refractivity contribution < 1.29 is 4.92 Å². The van der Waals surface area contributed by atoms with Gasteiger partial charge in [-0.3, -0.25) is 10.1 Å². The standard InChI is InChI=1S/C20H12N4O2/c21-15-9-16-17(10-18(15)24(25)26)23-20-14-8-4-2-6-12(14)11-5-1-3-7-13(11)19(20)22-16/h1-10H,21H2. The summed E-state index contributed by atoms with van der Waals surface area (Å²) in [7, 11) is 0. The zero-order chi connectivity index (χ0) is 17.8. The van der Waals surface area contributed by atoms with Crippen LogP contribution in [0.4, 0.5) is 11.4 Å². The number of aromatic nitrogens is 2. The van der Waals surface area contributed by atoms with E-state index < -0.39 is 4.92 Å². The molecule has 0 radical (unpaired) electrons. The summed E-state index contributed by atoms with van der Waals surface area (Å²) in [5.74, 6) is 0. The molecule has 0 bridgehead atoms. The molecule has 0 saturated heterocycles. The van der Waals surface area contributed by atoms with Gasteiger partial charge in [-0.15, -0.1) is 0 Å². The maximum atomic E-state index is 11.2. The molecule has 0 amide bonds. The maximum Gasteiger partial charge on any atom is 0.294 e. The molecule has 1 aromatic heterocycles. The predicted octanol–water partition coefficient (Wildman–Crippen LogP) is 4.58. The summed E-state index contributed by atoms with van der Waals surface area (Å²) in [4.78, 5) is 20.2. The number of anilines is 1. The average molecular weight is 340 g/mol. The first-order valence-corrected chi connectivity index (χ1v) is 8.08. The summed E-state index contributed by atoms with van der Waals surface area (Å²) in [6.45, 7) is 0. The van der Waals surface area contributed by atoms with E-state index in [4.69, 9.17) is 15.7 Å². The maximum absolute atomic E-state index is 11.2. The van der Waals surface area contributed by atoms with Gasteiger partial charge in [0.25, 0.3) is 5.69 Å². The molecule has 0 aliphatic carbocycles. The Morgan fingerprint density at radius 1 is 0.769 bits per heavy atom. The second-order valence-corrected chi connectivity index (χ2v) is 6.17. The van der Waals surface area contributed by atoms with E-state index in [1.807, 2.05) is 36.4 Å². The van der Waals surface area contributed by atoms with Crippen LogP contribution in [0.25, 0.3) is 43.6 Å². The highest BCUT2D eigenvalue weighted by molar-refractivity contribution is 6.23. The monoisotopic (exact) mass is 340 g/mol. The predicted molar refractivity (Wildman–Crippen MR) is 103 cm³/mol. The number of fused-ring (bicyclic) bond motifs is 7. The number of hydrogen-bond donors (Lipinski definition) is 1. The van der Waals surface area contributed by atoms with Crippen molar-refractivity contribution in [3.8, 4) is 0 Å². The lowest BCUT2D eigenvalue weighted by Crippen LogP contribution is -1.98. The Labute approximate surface area is 147 Å². The molecule has 0 aliphatic rings. The lowest BCUT2D eigenvalue weighted by molar-refractivity contribution is -0.383. The van der Waals surface area contributed by atoms with Crippen molar-refractivity contribution in [1.82, 2.24) is 9.97 Å². The first-order valence-electron chi connectivity index (χ1n) is 8.08. The number of nitrogen functional groups attached to an aromatic ring is 1. The van der Waals surface area contributed by atoms with Crippen molar-refractivity contribution in [2.24, 2.45) is 0 Å². The minimum atomic E-state index is -0.501. The van der Waals surface area contributed by atoms with Crippen LogP contribution >= 0.6 is 0 Å². The van der Waals surface area contributed by atoms with E-state index in [9.17, 15) is 10.1 Å². The van der Waals surface area contributed by atoms with Crippen LogP contribution in [-0.4, -0.2) is 14.9 Å². The third-order valence-electron chi connectivity index (χ3n) is 4.66. The Morgan fingerprint density at radius 3 is 1.73 bits per heavy atom. The third kappa shape index (κ3) is 1.92. The van der Waals surface area contributed by atoms with Gasteiger partial charge in [0.2, 0.25) is 0 Å². The molecule has 4 aromatic carbocycles. The minimum Gasteiger partial charge on any atom is -0.393 e. The first-order chi connectivity index (χ1) is 12.6. The largest absolute Gasteiger partial charge is 0.393 e. The smallest absolute Gasteiger partial charge is 0.294 e. The van der Waals surface area contributed by atoms with E-state index in [0.29, 0.717) is 11.0 Å². The van der Waals surface area contributed by atoms with E-state index in [1.54, 1.807) is 0 Å². The Hall–Kier alpha value is -3.80. The lowest BCUT2D eigenvalue weighted by Gasteiger charge is -2.10. The molecular formula is C20H12N4O2. The van der Waals surface area contributed by atoms with E-state index in [0.717, 1.165) is 32.6 Å². The van der Waals surface area contributed by atoms with Gasteiger partial charge in [0, 0.05) is 16.8 Å². The molecule has 124 valence electrons. The summed E-state index contributed by atoms with van der Waals surface area (Å²) in [5, 5.41) is 15.3. The molecule has 26 heavy (non-hydrogen) atoms. The fourth-order valence-corrected chi connectivity index (χ4v) is 3.49. The van der Waals surface area contributed by atoms with Gasteiger partial charge in [-0.1, -0.05) is 48.5 Å². The number of nitrogens with two attached hydrogens (primary N) is 1. The summed E-state index contributed by atoms with van der Waals surface area (Å²) in [5.41, 5.74) is 8.25. The Morgan fingerprint density at radius 2 is 1.23 bits per heavy atom. The quantitative estimate of drug-likeness (QED) is 0.158. The summed E-state index contributed by atoms with van der Waals surface area (Å²) < 4.78 is 0. The number of nitrogens with zero attached hydrogens (tertiary/aromatic N) is 3. The minimum absolute atomic E-state index is 0.0845. The normalized spacial score (nSPS) is 11.5. The zero-order valence-corrected chi connectivity index (χ0v) is 13.5. The fourth-order valence-electron chi connectivity index (χ4n) is 3.49. The second-order valence-electron chi connectivity index (χ2n) is 6.17. The molecule has 0 fully saturated rings. The number of benzene rings is 4. The van der Waals surface area contributed by atoms with Gasteiger partial charge in [-0.25, -0.2) is 9.97 Å². The number of rotatable bonds is 1. The molecule has 1 heterocycles. The molecule has 6 heteroatoms. The molecule has 0 atom stereocenters. The van der Waals surface area contributed by atoms with E-state index in [2.05, 4.69) is 12.1 Å². The van der Waals surface area contributed by atoms with E-state index in [1.165, 1.54) is 12.1 Å². The van der Waals surface area contributed by atoms with Crippen molar-refractivity contribution in [1.29, 1.82) is 0 Å². The molecule has 0 saturated carbocycles. The summed E-state index contributed by atoms with van der Waals surface area (Å²) >= 11 is 0. The molecule has 0 unspecified atom stereocenters. The highest BCUT2D eigenvalue weighted by Gasteiger charge is 2.16. The number of hydrogen-bond acceptors (Lipinski definition) is 5. The van der Waals surface area contributed by atoms with Crippen LogP contribution in [0.15, 0.2) is 60.7 Å². The molecule has 6 nitrogen and oxygen atoms in total. The van der Waals surface area contributed by atoms with Crippen LogP contribution < -0.4 is 5.73 Å². The van der Waals surface area contributed by atoms with Gasteiger partial charge in [0.1, 0.15) is 5.69 Å². The lowest BCUT2D eigenvalue weighted by atomic mass is 9.99. The van der Waals surface area contributed by atoms with Crippen LogP contribution in [0.2, 0.25) is 0 Å². The molecule has 0 spiro atoms. The van der Waals surface area contributed by atoms with Gasteiger partial charge in [-0.05, 0) is 16.8 Å². The van der Waals surface area contributed by atoms with Crippen LogP contribution in [0.1, 0.15) is 0 Å². The highest BCUT2D eigenvalue weighted by Crippen LogP contribution is 2.35. The van der Waals surface area contributed by atoms with E-state index in [-0.39, 0.29) is 11.4 Å². The first kappa shape index (κ1) is 14.5. The van der Waals surface area contributed by atoms with Gasteiger partial charge >= 0.3 is 0 Å². The molecule has 5 rings (SSSR count). The Bertz CT molecular complexity index is 1380. The molecular weight excluding hydrogens is 328 g/mol. The van der Waals surface area contributed by atoms with Crippen molar-refractivity contribution in [3.63, 3.8) is 0 Å². The van der Waals surface area contributed by atoms with Crippen LogP contribution in [0.5, 0.6) is 0 Å². The highest BCUT2D eigenvalue weighted by atomic mass is 16.6. The topological polar surface area (TPSA) is 94.9 Å². The van der Waals surface area contributed by atoms with Gasteiger partial charge in [0.05, 0.1) is 27.0 Å². The van der Waals surface area contributed by atoms with Gasteiger partial charge in [-0.2, -0.15) is 0 Å². The van der Waals surface area contributed by atoms with Gasteiger partial charge < -0.3 is 5.73 Å². The molecule has 5 aromatic rings. The third-order valence-corrected chi connectivity index (χ3v) is 4.66. The van der Waals surface area contributed by atoms with E-state index >= 15 is 0 Å². The van der Waals surface area contributed by atoms with Crippen molar-refractivity contribution in [2.75, 3.05) is 5.73 Å². The Kier molecular flexibility index (Phi) is 2.85. The fraction of sp³-hybridized carbons (Fsp3) is 0. The zero-order valence-electron chi connectivity index (χ0n) is 13.5. The summed E-state index contributed by atoms with van der Waals surface area (Å²) in [6, 6.07) is 18.9. The second kappa shape index (κ2) is 5.10. The average Bonchev–Trinajstić information content (AvgIpc) is 2.66. The van der Waals surface area contributed by atoms with Crippen molar-refractivity contribution >= 4 is 55.0 Å². The van der Waals surface area contributed by atoms with Crippen LogP contribution in [-0.2, 0) is 0 Å². The van der Waals surface area contributed by atoms with Crippen molar-refractivity contribution in [3.05, 3.63) is 70.8 Å². The SMILES string of the molecule is Nc1cc2nc3c4ccccc4c4ccccc4c3nc2cc1[N+](=O)[O-]. The number of nitro benzene ring substituents is 1. The number of nitro groups is 1.